The number of carbonyl (C=O) groups is 1. The number of carboxylic acid groups (broad SMARTS) is 1. The molecule has 4 aliphatic rings. The van der Waals surface area contributed by atoms with Gasteiger partial charge in [0.1, 0.15) is 0 Å². The van der Waals surface area contributed by atoms with Gasteiger partial charge in [-0.15, -0.1) is 0 Å². The zero-order valence-corrected chi connectivity index (χ0v) is 10.8. The molecule has 1 N–H and O–H groups in total. The number of carboxylic acids is 1. The molecule has 0 saturated heterocycles. The summed E-state index contributed by atoms with van der Waals surface area (Å²) in [5, 5.41) is 9.08. The van der Waals surface area contributed by atoms with E-state index in [-0.39, 0.29) is 5.41 Å². The van der Waals surface area contributed by atoms with Gasteiger partial charge in [0.15, 0.2) is 0 Å². The summed E-state index contributed by atoms with van der Waals surface area (Å²) in [5.41, 5.74) is 1.27. The molecule has 0 amide bonds. The lowest BCUT2D eigenvalue weighted by Gasteiger charge is -2.60. The topological polar surface area (TPSA) is 37.3 Å². The summed E-state index contributed by atoms with van der Waals surface area (Å²) in [5.74, 6) is 0.976. The Balaban J connectivity index is 1.93. The Hall–Kier alpha value is -0.790. The number of hydrogen-bond acceptors (Lipinski definition) is 1. The molecule has 4 fully saturated rings. The van der Waals surface area contributed by atoms with E-state index < -0.39 is 5.97 Å². The minimum absolute atomic E-state index is 0.224. The molecule has 4 aliphatic carbocycles. The summed E-state index contributed by atoms with van der Waals surface area (Å²) in [6, 6.07) is 0. The molecule has 94 valence electrons. The molecular weight excluding hydrogens is 212 g/mol. The fourth-order valence-electron chi connectivity index (χ4n) is 5.49. The van der Waals surface area contributed by atoms with Crippen LogP contribution >= 0.6 is 0 Å². The molecule has 4 saturated carbocycles. The lowest BCUT2D eigenvalue weighted by atomic mass is 9.44. The molecule has 2 heteroatoms. The fourth-order valence-corrected chi connectivity index (χ4v) is 5.49. The second-order valence-corrected chi connectivity index (χ2v) is 7.27. The molecule has 0 aromatic rings. The van der Waals surface area contributed by atoms with Gasteiger partial charge in [-0.05, 0) is 68.1 Å². The van der Waals surface area contributed by atoms with Crippen molar-refractivity contribution in [2.45, 2.75) is 52.4 Å². The van der Waals surface area contributed by atoms with E-state index in [2.05, 4.69) is 13.0 Å². The monoisotopic (exact) mass is 234 g/mol. The first kappa shape index (κ1) is 11.3. The second-order valence-electron chi connectivity index (χ2n) is 7.27. The van der Waals surface area contributed by atoms with Gasteiger partial charge in [-0.2, -0.15) is 0 Å². The molecule has 2 atom stereocenters. The van der Waals surface area contributed by atoms with E-state index in [0.29, 0.717) is 11.0 Å². The first-order valence-corrected chi connectivity index (χ1v) is 6.83. The van der Waals surface area contributed by atoms with E-state index in [1.807, 2.05) is 0 Å². The van der Waals surface area contributed by atoms with Crippen molar-refractivity contribution in [3.8, 4) is 0 Å². The van der Waals surface area contributed by atoms with Gasteiger partial charge in [0.05, 0.1) is 0 Å². The maximum atomic E-state index is 11.0. The molecule has 0 heterocycles. The highest BCUT2D eigenvalue weighted by Crippen LogP contribution is 2.65. The predicted molar refractivity (Wildman–Crippen MR) is 66.6 cm³/mol. The van der Waals surface area contributed by atoms with E-state index in [9.17, 15) is 4.79 Å². The molecule has 0 aromatic carbocycles. The maximum absolute atomic E-state index is 11.0. The summed E-state index contributed by atoms with van der Waals surface area (Å²) in [4.78, 5) is 11.0. The van der Waals surface area contributed by atoms with Gasteiger partial charge in [-0.25, -0.2) is 4.79 Å². The number of rotatable bonds is 2. The molecule has 0 radical (unpaired) electrons. The Kier molecular flexibility index (Phi) is 2.24. The molecule has 2 unspecified atom stereocenters. The first-order valence-electron chi connectivity index (χ1n) is 6.83. The summed E-state index contributed by atoms with van der Waals surface area (Å²) in [6.07, 6.45) is 9.96. The molecule has 17 heavy (non-hydrogen) atoms. The smallest absolute Gasteiger partial charge is 0.330 e. The van der Waals surface area contributed by atoms with Crippen LogP contribution in [0.5, 0.6) is 0 Å². The van der Waals surface area contributed by atoms with Crippen LogP contribution in [-0.4, -0.2) is 11.1 Å². The van der Waals surface area contributed by atoms with Crippen LogP contribution in [0.1, 0.15) is 52.4 Å². The average Bonchev–Trinajstić information content (AvgIpc) is 2.11. The molecule has 0 aromatic heterocycles. The zero-order chi connectivity index (χ0) is 12.3. The van der Waals surface area contributed by atoms with Gasteiger partial charge >= 0.3 is 5.97 Å². The normalized spacial score (nSPS) is 48.5. The number of aliphatic carboxylic acids is 1. The summed E-state index contributed by atoms with van der Waals surface area (Å²) >= 11 is 0. The van der Waals surface area contributed by atoms with Crippen molar-refractivity contribution in [1.82, 2.24) is 0 Å². The van der Waals surface area contributed by atoms with Crippen LogP contribution in [0.2, 0.25) is 0 Å². The van der Waals surface area contributed by atoms with Crippen molar-refractivity contribution in [3.63, 3.8) is 0 Å². The van der Waals surface area contributed by atoms with Gasteiger partial charge in [0.25, 0.3) is 0 Å². The van der Waals surface area contributed by atoms with E-state index in [1.54, 1.807) is 6.92 Å². The second kappa shape index (κ2) is 3.37. The van der Waals surface area contributed by atoms with E-state index in [4.69, 9.17) is 5.11 Å². The Morgan fingerprint density at radius 1 is 1.24 bits per heavy atom. The Morgan fingerprint density at radius 2 is 1.82 bits per heavy atom. The van der Waals surface area contributed by atoms with Crippen LogP contribution in [0.4, 0.5) is 0 Å². The summed E-state index contributed by atoms with van der Waals surface area (Å²) in [7, 11) is 0. The summed E-state index contributed by atoms with van der Waals surface area (Å²) < 4.78 is 0. The Labute approximate surface area is 103 Å². The van der Waals surface area contributed by atoms with Crippen LogP contribution < -0.4 is 0 Å². The van der Waals surface area contributed by atoms with Gasteiger partial charge in [-0.1, -0.05) is 13.0 Å². The third-order valence-electron chi connectivity index (χ3n) is 5.26. The van der Waals surface area contributed by atoms with E-state index in [0.717, 1.165) is 11.8 Å². The molecule has 0 aliphatic heterocycles. The first-order chi connectivity index (χ1) is 7.90. The van der Waals surface area contributed by atoms with Crippen LogP contribution in [0.3, 0.4) is 0 Å². The largest absolute Gasteiger partial charge is 0.478 e. The van der Waals surface area contributed by atoms with Crippen molar-refractivity contribution in [1.29, 1.82) is 0 Å². The zero-order valence-electron chi connectivity index (χ0n) is 10.8. The van der Waals surface area contributed by atoms with Gasteiger partial charge in [-0.3, -0.25) is 0 Å². The lowest BCUT2D eigenvalue weighted by Crippen LogP contribution is -2.50. The van der Waals surface area contributed by atoms with Crippen molar-refractivity contribution >= 4 is 5.97 Å². The number of allylic oxidation sites excluding steroid dienone is 1. The average molecular weight is 234 g/mol. The minimum atomic E-state index is -0.745. The third-order valence-corrected chi connectivity index (χ3v) is 5.26. The fraction of sp³-hybridized carbons (Fsp3) is 0.800. The van der Waals surface area contributed by atoms with Crippen LogP contribution in [0.25, 0.3) is 0 Å². The van der Waals surface area contributed by atoms with Crippen molar-refractivity contribution in [3.05, 3.63) is 11.6 Å². The Morgan fingerprint density at radius 3 is 2.29 bits per heavy atom. The molecule has 4 rings (SSSR count). The van der Waals surface area contributed by atoms with E-state index >= 15 is 0 Å². The highest BCUT2D eigenvalue weighted by molar-refractivity contribution is 5.85. The van der Waals surface area contributed by atoms with Crippen molar-refractivity contribution in [2.75, 3.05) is 0 Å². The summed E-state index contributed by atoms with van der Waals surface area (Å²) in [6.45, 7) is 4.17. The van der Waals surface area contributed by atoms with Crippen molar-refractivity contribution in [2.24, 2.45) is 22.7 Å². The predicted octanol–water partition coefficient (Wildman–Crippen LogP) is 3.62. The highest BCUT2D eigenvalue weighted by Gasteiger charge is 2.54. The third kappa shape index (κ3) is 1.82. The van der Waals surface area contributed by atoms with Crippen molar-refractivity contribution < 1.29 is 9.90 Å². The lowest BCUT2D eigenvalue weighted by molar-refractivity contribution is -0.133. The Bertz CT molecular complexity index is 380. The van der Waals surface area contributed by atoms with Crippen LogP contribution in [0, 0.1) is 22.7 Å². The minimum Gasteiger partial charge on any atom is -0.478 e. The highest BCUT2D eigenvalue weighted by atomic mass is 16.4. The van der Waals surface area contributed by atoms with Gasteiger partial charge in [0, 0.05) is 5.57 Å². The van der Waals surface area contributed by atoms with E-state index in [1.165, 1.54) is 38.5 Å². The maximum Gasteiger partial charge on any atom is 0.330 e. The molecule has 2 nitrogen and oxygen atoms in total. The SMILES string of the molecule is CC(=CC12CC3CC(CC(C)(C3)C1)C2)C(=O)O. The van der Waals surface area contributed by atoms with Crippen LogP contribution in [-0.2, 0) is 4.79 Å². The van der Waals surface area contributed by atoms with Gasteiger partial charge in [0.2, 0.25) is 0 Å². The quantitative estimate of drug-likeness (QED) is 0.741. The number of hydrogen-bond donors (Lipinski definition) is 1. The molecule has 4 bridgehead atoms. The standard InChI is InChI=1S/C15H22O2/c1-10(13(16)17)4-15-7-11-3-12(8-15)6-14(2,5-11)9-15/h4,11-12H,3,5-9H2,1-2H3,(H,16,17). The van der Waals surface area contributed by atoms with Gasteiger partial charge < -0.3 is 5.11 Å². The molecular formula is C15H22O2. The molecule has 0 spiro atoms. The van der Waals surface area contributed by atoms with Crippen LogP contribution in [0.15, 0.2) is 11.6 Å².